The van der Waals surface area contributed by atoms with Gasteiger partial charge in [-0.15, -0.1) is 0 Å². The van der Waals surface area contributed by atoms with Crippen LogP contribution in [0.25, 0.3) is 0 Å². The SMILES string of the molecule is O=C(O)P(=O)(O)Oc1ccc(Cl)cc1.[NaH].[NaH]. The third-order valence-corrected chi connectivity index (χ3v) is 2.48. The zero-order chi connectivity index (χ0) is 10.8. The number of hydrogen-bond donors (Lipinski definition) is 2. The molecule has 0 aromatic heterocycles. The topological polar surface area (TPSA) is 83.8 Å². The first-order valence-corrected chi connectivity index (χ1v) is 5.39. The van der Waals surface area contributed by atoms with E-state index in [4.69, 9.17) is 21.6 Å². The Morgan fingerprint density at radius 3 is 2.06 bits per heavy atom. The molecule has 9 heteroatoms. The van der Waals surface area contributed by atoms with E-state index < -0.39 is 13.3 Å². The Morgan fingerprint density at radius 1 is 1.25 bits per heavy atom. The quantitative estimate of drug-likeness (QED) is 0.645. The first-order chi connectivity index (χ1) is 6.42. The average molecular weight is 285 g/mol. The van der Waals surface area contributed by atoms with Crippen LogP contribution in [0.4, 0.5) is 4.79 Å². The Bertz CT molecular complexity index is 396. The van der Waals surface area contributed by atoms with Crippen molar-refractivity contribution < 1.29 is 23.9 Å². The van der Waals surface area contributed by atoms with Gasteiger partial charge in [0.15, 0.2) is 0 Å². The molecule has 1 atom stereocenters. The van der Waals surface area contributed by atoms with Gasteiger partial charge in [0.25, 0.3) is 0 Å². The summed E-state index contributed by atoms with van der Waals surface area (Å²) in [6.45, 7) is 0. The molecular formula is C7H8ClNa2O5P. The molecule has 0 fully saturated rings. The van der Waals surface area contributed by atoms with Crippen LogP contribution in [0.2, 0.25) is 5.02 Å². The maximum atomic E-state index is 10.9. The van der Waals surface area contributed by atoms with Crippen molar-refractivity contribution in [3.63, 3.8) is 0 Å². The van der Waals surface area contributed by atoms with Gasteiger partial charge in [-0.3, -0.25) is 0 Å². The van der Waals surface area contributed by atoms with Gasteiger partial charge >= 0.3 is 72.4 Å². The van der Waals surface area contributed by atoms with Crippen molar-refractivity contribution in [3.05, 3.63) is 29.3 Å². The number of carboxylic acid groups (broad SMARTS) is 1. The molecule has 2 N–H and O–H groups in total. The molecule has 1 aromatic rings. The summed E-state index contributed by atoms with van der Waals surface area (Å²) in [6, 6.07) is 5.43. The van der Waals surface area contributed by atoms with Crippen molar-refractivity contribution in [1.82, 2.24) is 0 Å². The number of rotatable bonds is 3. The molecule has 0 spiro atoms. The predicted molar refractivity (Wildman–Crippen MR) is 64.2 cm³/mol. The second kappa shape index (κ2) is 8.14. The van der Waals surface area contributed by atoms with Crippen molar-refractivity contribution >= 4 is 84.0 Å². The molecule has 0 heterocycles. The molecule has 16 heavy (non-hydrogen) atoms. The standard InChI is InChI=1S/C7H6ClO5P.2Na.2H/c8-5-1-3-6(4-2-5)13-14(11,12)7(9)10;;;;/h1-4H,(H,9,10)(H,11,12);;;;. The van der Waals surface area contributed by atoms with Crippen LogP contribution in [0.15, 0.2) is 24.3 Å². The molecule has 0 aliphatic carbocycles. The molecule has 0 amide bonds. The van der Waals surface area contributed by atoms with Crippen molar-refractivity contribution in [2.75, 3.05) is 0 Å². The van der Waals surface area contributed by atoms with Gasteiger partial charge < -0.3 is 14.5 Å². The Hall–Kier alpha value is 0.970. The summed E-state index contributed by atoms with van der Waals surface area (Å²) >= 11 is 5.54. The second-order valence-corrected chi connectivity index (χ2v) is 4.39. The number of benzene rings is 1. The van der Waals surface area contributed by atoms with Gasteiger partial charge in [0.1, 0.15) is 5.75 Å². The van der Waals surface area contributed by atoms with Crippen LogP contribution in [-0.2, 0) is 4.57 Å². The summed E-state index contributed by atoms with van der Waals surface area (Å²) in [5, 5.41) is 8.71. The summed E-state index contributed by atoms with van der Waals surface area (Å²) in [5.41, 5.74) is -1.90. The van der Waals surface area contributed by atoms with Gasteiger partial charge in [0, 0.05) is 5.02 Å². The summed E-state index contributed by atoms with van der Waals surface area (Å²) < 4.78 is 15.2. The monoisotopic (exact) mass is 284 g/mol. The zero-order valence-electron chi connectivity index (χ0n) is 6.75. The molecule has 5 nitrogen and oxygen atoms in total. The van der Waals surface area contributed by atoms with Crippen LogP contribution in [0, 0.1) is 0 Å². The van der Waals surface area contributed by atoms with E-state index >= 15 is 0 Å². The fourth-order valence-electron chi connectivity index (χ4n) is 0.677. The summed E-state index contributed by atoms with van der Waals surface area (Å²) in [5.74, 6) is -0.0253. The van der Waals surface area contributed by atoms with E-state index in [1.807, 2.05) is 0 Å². The van der Waals surface area contributed by atoms with Crippen LogP contribution in [-0.4, -0.2) is 74.8 Å². The minimum atomic E-state index is -4.63. The molecule has 0 aliphatic heterocycles. The van der Waals surface area contributed by atoms with Gasteiger partial charge in [-0.05, 0) is 24.3 Å². The van der Waals surface area contributed by atoms with Crippen molar-refractivity contribution in [3.8, 4) is 5.75 Å². The summed E-state index contributed by atoms with van der Waals surface area (Å²) in [7, 11) is -4.63. The molecule has 0 saturated heterocycles. The normalized spacial score (nSPS) is 12.6. The summed E-state index contributed by atoms with van der Waals surface area (Å²) in [6.07, 6.45) is 0. The molecule has 80 valence electrons. The van der Waals surface area contributed by atoms with Crippen LogP contribution in [0.3, 0.4) is 0 Å². The minimum absolute atomic E-state index is 0. The Balaban J connectivity index is 0. The van der Waals surface area contributed by atoms with Crippen LogP contribution in [0.5, 0.6) is 5.75 Å². The maximum absolute atomic E-state index is 10.9. The van der Waals surface area contributed by atoms with Crippen LogP contribution >= 0.6 is 19.2 Å². The van der Waals surface area contributed by atoms with E-state index in [0.717, 1.165) is 0 Å². The third kappa shape index (κ3) is 6.05. The van der Waals surface area contributed by atoms with Crippen LogP contribution < -0.4 is 4.52 Å². The van der Waals surface area contributed by atoms with Gasteiger partial charge in [-0.2, -0.15) is 0 Å². The zero-order valence-corrected chi connectivity index (χ0v) is 8.40. The second-order valence-electron chi connectivity index (χ2n) is 2.35. The molecule has 1 rings (SSSR count). The van der Waals surface area contributed by atoms with E-state index in [-0.39, 0.29) is 64.9 Å². The first kappa shape index (κ1) is 19.3. The third-order valence-electron chi connectivity index (χ3n) is 1.28. The van der Waals surface area contributed by atoms with Crippen molar-refractivity contribution in [2.45, 2.75) is 0 Å². The van der Waals surface area contributed by atoms with Gasteiger partial charge in [-0.25, -0.2) is 9.36 Å². The van der Waals surface area contributed by atoms with E-state index in [2.05, 4.69) is 4.52 Å². The Kier molecular flexibility index (Phi) is 9.82. The Labute approximate surface area is 141 Å². The molecule has 0 radical (unpaired) electrons. The van der Waals surface area contributed by atoms with Gasteiger partial charge in [0.05, 0.1) is 0 Å². The predicted octanol–water partition coefficient (Wildman–Crippen LogP) is 1.29. The van der Waals surface area contributed by atoms with E-state index in [1.54, 1.807) is 0 Å². The van der Waals surface area contributed by atoms with Crippen molar-refractivity contribution in [1.29, 1.82) is 0 Å². The fraction of sp³-hybridized carbons (Fsp3) is 0. The van der Waals surface area contributed by atoms with Gasteiger partial charge in [-0.1, -0.05) is 11.6 Å². The van der Waals surface area contributed by atoms with E-state index in [1.165, 1.54) is 24.3 Å². The number of halogens is 1. The van der Waals surface area contributed by atoms with E-state index in [9.17, 15) is 9.36 Å². The first-order valence-electron chi connectivity index (χ1n) is 3.43. The average Bonchev–Trinajstić information content (AvgIpc) is 2.08. The number of hydrogen-bond acceptors (Lipinski definition) is 3. The van der Waals surface area contributed by atoms with E-state index in [0.29, 0.717) is 5.02 Å². The molecule has 0 bridgehead atoms. The molecular weight excluding hydrogens is 276 g/mol. The fourth-order valence-corrected chi connectivity index (χ4v) is 1.29. The van der Waals surface area contributed by atoms with Crippen LogP contribution in [0.1, 0.15) is 0 Å². The summed E-state index contributed by atoms with van der Waals surface area (Å²) in [4.78, 5) is 19.0. The molecule has 0 saturated carbocycles. The Morgan fingerprint density at radius 2 is 1.69 bits per heavy atom. The molecule has 1 unspecified atom stereocenters. The number of carbonyl (C=O) groups is 1. The van der Waals surface area contributed by atoms with Crippen molar-refractivity contribution in [2.24, 2.45) is 0 Å². The van der Waals surface area contributed by atoms with Gasteiger partial charge in [0.2, 0.25) is 0 Å². The molecule has 0 aliphatic rings. The molecule has 1 aromatic carbocycles.